The lowest BCUT2D eigenvalue weighted by molar-refractivity contribution is -0.117. The summed E-state index contributed by atoms with van der Waals surface area (Å²) in [5, 5.41) is 5.60. The highest BCUT2D eigenvalue weighted by molar-refractivity contribution is 6.02. The van der Waals surface area contributed by atoms with E-state index in [-0.39, 0.29) is 17.6 Å². The Morgan fingerprint density at radius 3 is 2.52 bits per heavy atom. The summed E-state index contributed by atoms with van der Waals surface area (Å²) in [6.07, 6.45) is 4.18. The maximum Gasteiger partial charge on any atom is 0.291 e. The average Bonchev–Trinajstić information content (AvgIpc) is 3.08. The van der Waals surface area contributed by atoms with Gasteiger partial charge in [0.15, 0.2) is 5.76 Å². The third-order valence-electron chi connectivity index (χ3n) is 3.28. The van der Waals surface area contributed by atoms with Crippen LogP contribution in [-0.2, 0) is 11.3 Å². The van der Waals surface area contributed by atoms with E-state index in [1.165, 1.54) is 6.26 Å². The minimum atomic E-state index is -0.295. The van der Waals surface area contributed by atoms with Crippen molar-refractivity contribution in [2.45, 2.75) is 26.8 Å². The molecule has 5 heteroatoms. The van der Waals surface area contributed by atoms with Crippen molar-refractivity contribution in [3.63, 3.8) is 0 Å². The van der Waals surface area contributed by atoms with Crippen molar-refractivity contribution in [2.24, 2.45) is 0 Å². The summed E-state index contributed by atoms with van der Waals surface area (Å²) in [5.41, 5.74) is 2.34. The second kappa shape index (κ2) is 7.98. The highest BCUT2D eigenvalue weighted by Gasteiger charge is 2.08. The van der Waals surface area contributed by atoms with Gasteiger partial charge in [-0.1, -0.05) is 25.1 Å². The zero-order chi connectivity index (χ0) is 16.7. The molecular formula is C18H20N2O3. The fourth-order valence-electron chi connectivity index (χ4n) is 2.03. The number of furan rings is 1. The lowest BCUT2D eigenvalue weighted by atomic mass is 10.2. The first-order valence-electron chi connectivity index (χ1n) is 7.49. The molecule has 0 unspecified atom stereocenters. The molecular weight excluding hydrogens is 292 g/mol. The van der Waals surface area contributed by atoms with Gasteiger partial charge in [0.1, 0.15) is 0 Å². The van der Waals surface area contributed by atoms with E-state index < -0.39 is 0 Å². The second-order valence-corrected chi connectivity index (χ2v) is 5.11. The van der Waals surface area contributed by atoms with Gasteiger partial charge in [0.25, 0.3) is 5.91 Å². The Labute approximate surface area is 135 Å². The van der Waals surface area contributed by atoms with E-state index >= 15 is 0 Å². The van der Waals surface area contributed by atoms with E-state index in [9.17, 15) is 9.59 Å². The zero-order valence-corrected chi connectivity index (χ0v) is 13.3. The fourth-order valence-corrected chi connectivity index (χ4v) is 2.03. The molecule has 0 aliphatic carbocycles. The number of carbonyl (C=O) groups excluding carboxylic acids is 2. The predicted molar refractivity (Wildman–Crippen MR) is 89.0 cm³/mol. The highest BCUT2D eigenvalue weighted by atomic mass is 16.3. The molecule has 23 heavy (non-hydrogen) atoms. The Bertz CT molecular complexity index is 686. The maximum atomic E-state index is 11.8. The van der Waals surface area contributed by atoms with Gasteiger partial charge < -0.3 is 15.1 Å². The molecule has 0 saturated heterocycles. The molecule has 0 spiro atoms. The number of benzene rings is 1. The number of hydrogen-bond acceptors (Lipinski definition) is 3. The van der Waals surface area contributed by atoms with Crippen LogP contribution in [0.15, 0.2) is 58.7 Å². The number of hydrogen-bond donors (Lipinski definition) is 2. The van der Waals surface area contributed by atoms with Gasteiger partial charge in [0.2, 0.25) is 5.91 Å². The Morgan fingerprint density at radius 2 is 1.91 bits per heavy atom. The van der Waals surface area contributed by atoms with Crippen molar-refractivity contribution < 1.29 is 14.0 Å². The molecule has 2 amide bonds. The molecule has 0 aliphatic rings. The lowest BCUT2D eigenvalue weighted by Gasteiger charge is -2.07. The van der Waals surface area contributed by atoms with Gasteiger partial charge in [-0.15, -0.1) is 0 Å². The topological polar surface area (TPSA) is 71.3 Å². The van der Waals surface area contributed by atoms with Gasteiger partial charge in [0, 0.05) is 17.8 Å². The summed E-state index contributed by atoms with van der Waals surface area (Å²) in [7, 11) is 0. The van der Waals surface area contributed by atoms with Gasteiger partial charge >= 0.3 is 0 Å². The van der Waals surface area contributed by atoms with Crippen LogP contribution < -0.4 is 10.6 Å². The van der Waals surface area contributed by atoms with Crippen molar-refractivity contribution in [3.8, 4) is 0 Å². The van der Waals surface area contributed by atoms with Gasteiger partial charge in [-0.2, -0.15) is 0 Å². The Morgan fingerprint density at radius 1 is 1.17 bits per heavy atom. The number of allylic oxidation sites excluding steroid dienone is 1. The number of rotatable bonds is 6. The van der Waals surface area contributed by atoms with Gasteiger partial charge in [-0.05, 0) is 43.2 Å². The minimum absolute atomic E-state index is 0.0675. The van der Waals surface area contributed by atoms with Crippen LogP contribution in [0.4, 0.5) is 5.69 Å². The first kappa shape index (κ1) is 16.5. The molecule has 1 heterocycles. The summed E-state index contributed by atoms with van der Waals surface area (Å²) in [6, 6.07) is 10.6. The fraction of sp³-hybridized carbons (Fsp3) is 0.222. The molecule has 1 aromatic heterocycles. The summed E-state index contributed by atoms with van der Waals surface area (Å²) in [5.74, 6) is -0.0991. The third-order valence-corrected chi connectivity index (χ3v) is 3.28. The molecule has 0 radical (unpaired) electrons. The van der Waals surface area contributed by atoms with Crippen LogP contribution in [0.3, 0.4) is 0 Å². The standard InChI is InChI=1S/C18H20N2O3/c1-3-5-13(2)17(21)19-12-14-7-9-15(10-8-14)20-18(22)16-6-4-11-23-16/h4-11H,3,12H2,1-2H3,(H,19,21)(H,20,22)/b13-5-. The molecule has 0 bridgehead atoms. The van der Waals surface area contributed by atoms with E-state index in [0.29, 0.717) is 12.2 Å². The predicted octanol–water partition coefficient (Wildman–Crippen LogP) is 3.50. The van der Waals surface area contributed by atoms with Crippen molar-refractivity contribution in [1.82, 2.24) is 5.32 Å². The molecule has 120 valence electrons. The molecule has 0 aliphatic heterocycles. The largest absolute Gasteiger partial charge is 0.459 e. The van der Waals surface area contributed by atoms with Crippen molar-refractivity contribution >= 4 is 17.5 Å². The molecule has 0 saturated carbocycles. The molecule has 1 aromatic carbocycles. The van der Waals surface area contributed by atoms with E-state index in [1.54, 1.807) is 31.2 Å². The normalized spacial score (nSPS) is 11.1. The van der Waals surface area contributed by atoms with Gasteiger partial charge in [-0.25, -0.2) is 0 Å². The Kier molecular flexibility index (Phi) is 5.74. The number of amides is 2. The minimum Gasteiger partial charge on any atom is -0.459 e. The second-order valence-electron chi connectivity index (χ2n) is 5.11. The van der Waals surface area contributed by atoms with Gasteiger partial charge in [0.05, 0.1) is 6.26 Å². The molecule has 2 rings (SSSR count). The molecule has 0 fully saturated rings. The molecule has 5 nitrogen and oxygen atoms in total. The molecule has 2 aromatic rings. The van der Waals surface area contributed by atoms with Crippen LogP contribution in [0.5, 0.6) is 0 Å². The third kappa shape index (κ3) is 4.85. The smallest absolute Gasteiger partial charge is 0.291 e. The summed E-state index contributed by atoms with van der Waals surface area (Å²) >= 11 is 0. The van der Waals surface area contributed by atoms with Crippen LogP contribution in [0.2, 0.25) is 0 Å². The van der Waals surface area contributed by atoms with E-state index in [2.05, 4.69) is 10.6 Å². The van der Waals surface area contributed by atoms with E-state index in [1.807, 2.05) is 25.1 Å². The first-order chi connectivity index (χ1) is 11.1. The van der Waals surface area contributed by atoms with Crippen molar-refractivity contribution in [1.29, 1.82) is 0 Å². The van der Waals surface area contributed by atoms with E-state index in [0.717, 1.165) is 17.6 Å². The molecule has 2 N–H and O–H groups in total. The summed E-state index contributed by atoms with van der Waals surface area (Å²) in [6.45, 7) is 4.23. The zero-order valence-electron chi connectivity index (χ0n) is 13.3. The van der Waals surface area contributed by atoms with Crippen molar-refractivity contribution in [3.05, 3.63) is 65.6 Å². The highest BCUT2D eigenvalue weighted by Crippen LogP contribution is 2.12. The summed E-state index contributed by atoms with van der Waals surface area (Å²) < 4.78 is 5.03. The average molecular weight is 312 g/mol. The number of nitrogens with one attached hydrogen (secondary N) is 2. The quantitative estimate of drug-likeness (QED) is 0.802. The van der Waals surface area contributed by atoms with Crippen LogP contribution in [-0.4, -0.2) is 11.8 Å². The molecule has 0 atom stereocenters. The Hall–Kier alpha value is -2.82. The van der Waals surface area contributed by atoms with Crippen LogP contribution in [0, 0.1) is 0 Å². The maximum absolute atomic E-state index is 11.8. The summed E-state index contributed by atoms with van der Waals surface area (Å²) in [4.78, 5) is 23.6. The van der Waals surface area contributed by atoms with Crippen LogP contribution in [0.25, 0.3) is 0 Å². The van der Waals surface area contributed by atoms with Crippen LogP contribution >= 0.6 is 0 Å². The SMILES string of the molecule is CC/C=C(/C)C(=O)NCc1ccc(NC(=O)c2ccco2)cc1. The Balaban J connectivity index is 1.88. The van der Waals surface area contributed by atoms with Crippen molar-refractivity contribution in [2.75, 3.05) is 5.32 Å². The number of carbonyl (C=O) groups is 2. The van der Waals surface area contributed by atoms with Crippen LogP contribution in [0.1, 0.15) is 36.4 Å². The monoisotopic (exact) mass is 312 g/mol. The first-order valence-corrected chi connectivity index (χ1v) is 7.49. The van der Waals surface area contributed by atoms with E-state index in [4.69, 9.17) is 4.42 Å². The number of anilines is 1. The van der Waals surface area contributed by atoms with Gasteiger partial charge in [-0.3, -0.25) is 9.59 Å². The lowest BCUT2D eigenvalue weighted by Crippen LogP contribution is -2.23.